The van der Waals surface area contributed by atoms with Gasteiger partial charge in [0.2, 0.25) is 0 Å². The molecule has 1 N–H and O–H groups in total. The van der Waals surface area contributed by atoms with E-state index in [0.29, 0.717) is 19.6 Å². The number of hydrogen-bond acceptors (Lipinski definition) is 2. The van der Waals surface area contributed by atoms with Crippen molar-refractivity contribution in [3.8, 4) is 0 Å². The molecule has 1 atom stereocenters. The van der Waals surface area contributed by atoms with Crippen LogP contribution in [0.15, 0.2) is 60.7 Å². The summed E-state index contributed by atoms with van der Waals surface area (Å²) in [5.74, 6) is -0.0230. The fourth-order valence-electron chi connectivity index (χ4n) is 2.27. The summed E-state index contributed by atoms with van der Waals surface area (Å²) in [5.41, 5.74) is 1.56. The van der Waals surface area contributed by atoms with Crippen molar-refractivity contribution in [3.63, 3.8) is 0 Å². The predicted octanol–water partition coefficient (Wildman–Crippen LogP) is 2.31. The quantitative estimate of drug-likeness (QED) is 0.845. The van der Waals surface area contributed by atoms with E-state index >= 15 is 0 Å². The molecule has 0 radical (unpaired) electrons. The third kappa shape index (κ3) is 2.89. The van der Waals surface area contributed by atoms with Crippen molar-refractivity contribution in [3.05, 3.63) is 71.8 Å². The molecule has 1 heterocycles. The Kier molecular flexibility index (Phi) is 3.52. The first kappa shape index (κ1) is 12.9. The van der Waals surface area contributed by atoms with E-state index in [1.807, 2.05) is 60.7 Å². The highest BCUT2D eigenvalue weighted by Gasteiger charge is 2.51. The minimum atomic E-state index is -0.657. The second-order valence-electron chi connectivity index (χ2n) is 5.11. The molecule has 1 saturated heterocycles. The van der Waals surface area contributed by atoms with Gasteiger partial charge in [0.25, 0.3) is 5.91 Å². The average molecular weight is 267 g/mol. The van der Waals surface area contributed by atoms with Crippen LogP contribution in [0.1, 0.15) is 11.1 Å². The number of rotatable bonds is 5. The van der Waals surface area contributed by atoms with Crippen LogP contribution >= 0.6 is 0 Å². The Bertz CT molecular complexity index is 576. The smallest absolute Gasteiger partial charge is 0.255 e. The molecule has 102 valence electrons. The summed E-state index contributed by atoms with van der Waals surface area (Å²) in [6.07, 6.45) is 0.633. The van der Waals surface area contributed by atoms with E-state index in [1.165, 1.54) is 0 Å². The Balaban J connectivity index is 1.59. The minimum Gasteiger partial charge on any atom is -0.359 e. The van der Waals surface area contributed by atoms with Crippen molar-refractivity contribution in [2.45, 2.75) is 18.6 Å². The molecule has 0 spiro atoms. The molecule has 0 unspecified atom stereocenters. The highest BCUT2D eigenvalue weighted by molar-refractivity contribution is 5.88. The highest BCUT2D eigenvalue weighted by atomic mass is 16.6. The number of carbonyl (C=O) groups is 1. The zero-order chi connectivity index (χ0) is 13.8. The second kappa shape index (κ2) is 5.47. The topological polar surface area (TPSA) is 41.6 Å². The van der Waals surface area contributed by atoms with Gasteiger partial charge in [-0.1, -0.05) is 60.7 Å². The molecule has 0 aliphatic carbocycles. The maximum Gasteiger partial charge on any atom is 0.255 e. The molecule has 2 aromatic carbocycles. The van der Waals surface area contributed by atoms with Crippen LogP contribution in [-0.2, 0) is 22.5 Å². The Morgan fingerprint density at radius 1 is 1.00 bits per heavy atom. The first-order chi connectivity index (χ1) is 9.78. The van der Waals surface area contributed by atoms with Crippen LogP contribution in [0.3, 0.4) is 0 Å². The van der Waals surface area contributed by atoms with Crippen molar-refractivity contribution in [1.82, 2.24) is 5.32 Å². The maximum absolute atomic E-state index is 12.3. The van der Waals surface area contributed by atoms with E-state index < -0.39 is 5.60 Å². The number of nitrogens with one attached hydrogen (secondary N) is 1. The predicted molar refractivity (Wildman–Crippen MR) is 77.1 cm³/mol. The molecule has 1 aliphatic rings. The fourth-order valence-corrected chi connectivity index (χ4v) is 2.27. The molecule has 1 amide bonds. The summed E-state index contributed by atoms with van der Waals surface area (Å²) in [7, 11) is 0. The fraction of sp³-hybridized carbons (Fsp3) is 0.235. The Morgan fingerprint density at radius 3 is 2.10 bits per heavy atom. The van der Waals surface area contributed by atoms with E-state index in [2.05, 4.69) is 5.32 Å². The number of benzene rings is 2. The lowest BCUT2D eigenvalue weighted by molar-refractivity contribution is -0.126. The summed E-state index contributed by atoms with van der Waals surface area (Å²) >= 11 is 0. The molecule has 20 heavy (non-hydrogen) atoms. The van der Waals surface area contributed by atoms with E-state index in [9.17, 15) is 4.79 Å². The van der Waals surface area contributed by atoms with E-state index in [1.54, 1.807) is 0 Å². The van der Waals surface area contributed by atoms with Gasteiger partial charge in [0.1, 0.15) is 0 Å². The zero-order valence-corrected chi connectivity index (χ0v) is 11.2. The number of ether oxygens (including phenoxy) is 1. The van der Waals surface area contributed by atoms with Gasteiger partial charge in [-0.15, -0.1) is 0 Å². The lowest BCUT2D eigenvalue weighted by Crippen LogP contribution is -2.38. The highest BCUT2D eigenvalue weighted by Crippen LogP contribution is 2.31. The molecule has 1 aliphatic heterocycles. The van der Waals surface area contributed by atoms with E-state index in [0.717, 1.165) is 11.1 Å². The van der Waals surface area contributed by atoms with Crippen LogP contribution in [0.2, 0.25) is 0 Å². The molecule has 0 aromatic heterocycles. The molecule has 3 heteroatoms. The van der Waals surface area contributed by atoms with Crippen molar-refractivity contribution in [2.24, 2.45) is 0 Å². The van der Waals surface area contributed by atoms with E-state index in [-0.39, 0.29) is 5.91 Å². The second-order valence-corrected chi connectivity index (χ2v) is 5.11. The van der Waals surface area contributed by atoms with Crippen molar-refractivity contribution < 1.29 is 9.53 Å². The largest absolute Gasteiger partial charge is 0.359 e. The summed E-state index contributed by atoms with van der Waals surface area (Å²) < 4.78 is 5.44. The Hall–Kier alpha value is -2.13. The van der Waals surface area contributed by atoms with Gasteiger partial charge in [-0.05, 0) is 11.1 Å². The van der Waals surface area contributed by atoms with E-state index in [4.69, 9.17) is 4.74 Å². The summed E-state index contributed by atoms with van der Waals surface area (Å²) in [4.78, 5) is 12.3. The van der Waals surface area contributed by atoms with Gasteiger partial charge in [-0.3, -0.25) is 4.79 Å². The molecule has 3 rings (SSSR count). The molecule has 1 fully saturated rings. The number of hydrogen-bond donors (Lipinski definition) is 1. The van der Waals surface area contributed by atoms with Crippen LogP contribution in [-0.4, -0.2) is 18.1 Å². The van der Waals surface area contributed by atoms with Crippen LogP contribution < -0.4 is 5.32 Å². The van der Waals surface area contributed by atoms with Gasteiger partial charge in [0, 0.05) is 13.0 Å². The van der Waals surface area contributed by atoms with Gasteiger partial charge >= 0.3 is 0 Å². The van der Waals surface area contributed by atoms with Crippen molar-refractivity contribution in [2.75, 3.05) is 6.61 Å². The van der Waals surface area contributed by atoms with Gasteiger partial charge in [-0.25, -0.2) is 0 Å². The number of epoxide rings is 1. The lowest BCUT2D eigenvalue weighted by Gasteiger charge is -2.12. The van der Waals surface area contributed by atoms with Crippen molar-refractivity contribution in [1.29, 1.82) is 0 Å². The third-order valence-electron chi connectivity index (χ3n) is 3.54. The number of carbonyl (C=O) groups excluding carboxylic acids is 1. The standard InChI is InChI=1S/C17H17NO2/c19-16(18-12-15-9-5-2-6-10-15)17(13-20-17)11-14-7-3-1-4-8-14/h1-10H,11-13H2,(H,18,19)/t17-/m0/s1. The van der Waals surface area contributed by atoms with Crippen molar-refractivity contribution >= 4 is 5.91 Å². The molecular formula is C17H17NO2. The average Bonchev–Trinajstić information content (AvgIpc) is 3.28. The first-order valence-electron chi connectivity index (χ1n) is 6.79. The van der Waals surface area contributed by atoms with Gasteiger partial charge in [0.05, 0.1) is 6.61 Å². The molecule has 0 bridgehead atoms. The monoisotopic (exact) mass is 267 g/mol. The lowest BCUT2D eigenvalue weighted by atomic mass is 9.99. The van der Waals surface area contributed by atoms with Gasteiger partial charge in [0.15, 0.2) is 5.60 Å². The van der Waals surface area contributed by atoms with Crippen LogP contribution in [0.5, 0.6) is 0 Å². The van der Waals surface area contributed by atoms with Crippen LogP contribution in [0.4, 0.5) is 0 Å². The first-order valence-corrected chi connectivity index (χ1v) is 6.79. The van der Waals surface area contributed by atoms with Gasteiger partial charge in [-0.2, -0.15) is 0 Å². The Morgan fingerprint density at radius 2 is 1.55 bits per heavy atom. The SMILES string of the molecule is O=C(NCc1ccccc1)[C@]1(Cc2ccccc2)CO1. The maximum atomic E-state index is 12.3. The van der Waals surface area contributed by atoms with Gasteiger partial charge < -0.3 is 10.1 Å². The molecule has 0 saturated carbocycles. The molecular weight excluding hydrogens is 250 g/mol. The molecule has 3 nitrogen and oxygen atoms in total. The minimum absolute atomic E-state index is 0.0230. The summed E-state index contributed by atoms with van der Waals surface area (Å²) in [5, 5.41) is 2.96. The Labute approximate surface area is 118 Å². The normalized spacial score (nSPS) is 20.4. The molecule has 2 aromatic rings. The third-order valence-corrected chi connectivity index (χ3v) is 3.54. The van der Waals surface area contributed by atoms with Crippen LogP contribution in [0.25, 0.3) is 0 Å². The van der Waals surface area contributed by atoms with Crippen LogP contribution in [0, 0.1) is 0 Å². The zero-order valence-electron chi connectivity index (χ0n) is 11.2. The summed E-state index contributed by atoms with van der Waals surface area (Å²) in [6, 6.07) is 19.9. The summed E-state index contributed by atoms with van der Waals surface area (Å²) in [6.45, 7) is 1.04. The number of amides is 1.